The van der Waals surface area contributed by atoms with Crippen molar-refractivity contribution in [2.45, 2.75) is 12.8 Å². The molecule has 1 aromatic rings. The molecule has 0 fully saturated rings. The van der Waals surface area contributed by atoms with Gasteiger partial charge in [0.15, 0.2) is 11.6 Å². The van der Waals surface area contributed by atoms with E-state index in [1.54, 1.807) is 6.20 Å². The quantitative estimate of drug-likeness (QED) is 0.840. The minimum atomic E-state index is -0.321. The molecule has 0 saturated carbocycles. The molecular formula is C12H15BrFN3. The van der Waals surface area contributed by atoms with Crippen LogP contribution in [0.5, 0.6) is 0 Å². The lowest BCUT2D eigenvalue weighted by molar-refractivity contribution is 0.622. The Hall–Kier alpha value is -0.940. The van der Waals surface area contributed by atoms with Gasteiger partial charge in [-0.05, 0) is 41.4 Å². The highest BCUT2D eigenvalue weighted by Gasteiger charge is 2.05. The number of pyridine rings is 1. The summed E-state index contributed by atoms with van der Waals surface area (Å²) >= 11 is 3.18. The molecule has 0 aromatic carbocycles. The molecule has 2 heterocycles. The van der Waals surface area contributed by atoms with E-state index in [1.165, 1.54) is 11.6 Å². The maximum Gasteiger partial charge on any atom is 0.166 e. The number of hydrogen-bond donors (Lipinski definition) is 2. The van der Waals surface area contributed by atoms with E-state index in [9.17, 15) is 4.39 Å². The fraction of sp³-hybridized carbons (Fsp3) is 0.417. The van der Waals surface area contributed by atoms with Crippen molar-refractivity contribution in [1.29, 1.82) is 0 Å². The highest BCUT2D eigenvalue weighted by Crippen LogP contribution is 2.16. The third-order valence-corrected chi connectivity index (χ3v) is 3.14. The van der Waals surface area contributed by atoms with Gasteiger partial charge in [-0.1, -0.05) is 11.6 Å². The van der Waals surface area contributed by atoms with Crippen molar-refractivity contribution in [2.24, 2.45) is 0 Å². The Bertz CT molecular complexity index is 420. The molecule has 0 radical (unpaired) electrons. The van der Waals surface area contributed by atoms with Crippen molar-refractivity contribution in [3.05, 3.63) is 34.2 Å². The maximum absolute atomic E-state index is 13.4. The normalized spacial score (nSPS) is 15.5. The fourth-order valence-corrected chi connectivity index (χ4v) is 2.09. The summed E-state index contributed by atoms with van der Waals surface area (Å²) in [7, 11) is 0. The van der Waals surface area contributed by atoms with E-state index >= 15 is 0 Å². The van der Waals surface area contributed by atoms with Crippen LogP contribution in [0.3, 0.4) is 0 Å². The first kappa shape index (κ1) is 12.5. The van der Waals surface area contributed by atoms with Gasteiger partial charge in [0.25, 0.3) is 0 Å². The summed E-state index contributed by atoms with van der Waals surface area (Å²) < 4.78 is 14.1. The van der Waals surface area contributed by atoms with Crippen LogP contribution in [0.4, 0.5) is 10.2 Å². The number of rotatable bonds is 4. The first-order valence-corrected chi connectivity index (χ1v) is 6.48. The third kappa shape index (κ3) is 3.78. The zero-order valence-electron chi connectivity index (χ0n) is 9.47. The van der Waals surface area contributed by atoms with Gasteiger partial charge in [-0.2, -0.15) is 0 Å². The fourth-order valence-electron chi connectivity index (χ4n) is 1.78. The molecule has 0 bridgehead atoms. The molecule has 0 aliphatic carbocycles. The molecule has 5 heteroatoms. The second-order valence-electron chi connectivity index (χ2n) is 3.98. The first-order valence-electron chi connectivity index (χ1n) is 5.69. The molecule has 2 N–H and O–H groups in total. The van der Waals surface area contributed by atoms with Gasteiger partial charge in [-0.3, -0.25) is 0 Å². The van der Waals surface area contributed by atoms with Gasteiger partial charge >= 0.3 is 0 Å². The minimum Gasteiger partial charge on any atom is -0.367 e. The van der Waals surface area contributed by atoms with E-state index < -0.39 is 0 Å². The van der Waals surface area contributed by atoms with Crippen molar-refractivity contribution in [3.8, 4) is 0 Å². The monoisotopic (exact) mass is 299 g/mol. The Balaban J connectivity index is 1.83. The predicted octanol–water partition coefficient (Wildman–Crippen LogP) is 2.70. The zero-order chi connectivity index (χ0) is 12.1. The van der Waals surface area contributed by atoms with E-state index in [0.29, 0.717) is 10.3 Å². The van der Waals surface area contributed by atoms with Gasteiger partial charge in [0.1, 0.15) is 0 Å². The average molecular weight is 300 g/mol. The summed E-state index contributed by atoms with van der Waals surface area (Å²) in [6, 6.07) is 1.42. The van der Waals surface area contributed by atoms with Crippen LogP contribution in [0.15, 0.2) is 28.4 Å². The lowest BCUT2D eigenvalue weighted by atomic mass is 10.1. The lowest BCUT2D eigenvalue weighted by Gasteiger charge is -2.14. The van der Waals surface area contributed by atoms with E-state index in [-0.39, 0.29) is 5.82 Å². The molecule has 1 aliphatic rings. The molecule has 2 rings (SSSR count). The average Bonchev–Trinajstić information content (AvgIpc) is 2.33. The summed E-state index contributed by atoms with van der Waals surface area (Å²) in [5, 5.41) is 6.28. The number of nitrogens with one attached hydrogen (secondary N) is 2. The SMILES string of the molecule is Fc1cc(Br)cnc1NCCC1=CCNCC1. The van der Waals surface area contributed by atoms with Crippen LogP contribution in [-0.2, 0) is 0 Å². The van der Waals surface area contributed by atoms with Gasteiger partial charge in [-0.15, -0.1) is 0 Å². The largest absolute Gasteiger partial charge is 0.367 e. The number of anilines is 1. The molecule has 1 aliphatic heterocycles. The molecule has 3 nitrogen and oxygen atoms in total. The molecule has 0 atom stereocenters. The van der Waals surface area contributed by atoms with Crippen LogP contribution >= 0.6 is 15.9 Å². The van der Waals surface area contributed by atoms with Crippen LogP contribution in [-0.4, -0.2) is 24.6 Å². The summed E-state index contributed by atoms with van der Waals surface area (Å²) in [4.78, 5) is 4.00. The molecule has 17 heavy (non-hydrogen) atoms. The highest BCUT2D eigenvalue weighted by atomic mass is 79.9. The van der Waals surface area contributed by atoms with Crippen molar-refractivity contribution >= 4 is 21.7 Å². The van der Waals surface area contributed by atoms with Crippen molar-refractivity contribution in [3.63, 3.8) is 0 Å². The van der Waals surface area contributed by atoms with Crippen LogP contribution in [0.2, 0.25) is 0 Å². The molecule has 1 aromatic heterocycles. The van der Waals surface area contributed by atoms with Crippen LogP contribution in [0.1, 0.15) is 12.8 Å². The van der Waals surface area contributed by atoms with Gasteiger partial charge in [0.2, 0.25) is 0 Å². The van der Waals surface area contributed by atoms with Crippen molar-refractivity contribution < 1.29 is 4.39 Å². The number of aromatic nitrogens is 1. The predicted molar refractivity (Wildman–Crippen MR) is 70.6 cm³/mol. The lowest BCUT2D eigenvalue weighted by Crippen LogP contribution is -2.21. The smallest absolute Gasteiger partial charge is 0.166 e. The minimum absolute atomic E-state index is 0.321. The molecular weight excluding hydrogens is 285 g/mol. The Morgan fingerprint density at radius 2 is 2.41 bits per heavy atom. The highest BCUT2D eigenvalue weighted by molar-refractivity contribution is 9.10. The van der Waals surface area contributed by atoms with Crippen LogP contribution in [0, 0.1) is 5.82 Å². The first-order chi connectivity index (χ1) is 8.25. The van der Waals surface area contributed by atoms with E-state index in [4.69, 9.17) is 0 Å². The summed E-state index contributed by atoms with van der Waals surface area (Å²) in [6.07, 6.45) is 5.82. The molecule has 0 amide bonds. The Labute approximate surface area is 109 Å². The van der Waals surface area contributed by atoms with E-state index in [2.05, 4.69) is 37.6 Å². The summed E-state index contributed by atoms with van der Waals surface area (Å²) in [6.45, 7) is 2.70. The van der Waals surface area contributed by atoms with Gasteiger partial charge < -0.3 is 10.6 Å². The number of hydrogen-bond acceptors (Lipinski definition) is 3. The summed E-state index contributed by atoms with van der Waals surface area (Å²) in [5.41, 5.74) is 1.42. The molecule has 0 saturated heterocycles. The van der Waals surface area contributed by atoms with Crippen LogP contribution in [0.25, 0.3) is 0 Å². The number of halogens is 2. The van der Waals surface area contributed by atoms with Gasteiger partial charge in [-0.25, -0.2) is 9.37 Å². The Morgan fingerprint density at radius 3 is 3.12 bits per heavy atom. The van der Waals surface area contributed by atoms with E-state index in [1.807, 2.05) is 0 Å². The van der Waals surface area contributed by atoms with Gasteiger partial charge in [0.05, 0.1) is 0 Å². The second kappa shape index (κ2) is 6.12. The standard InChI is InChI=1S/C12H15BrFN3/c13-10-7-11(14)12(17-8-10)16-6-3-9-1-4-15-5-2-9/h1,7-8,15H,2-6H2,(H,16,17). The van der Waals surface area contributed by atoms with Crippen molar-refractivity contribution in [1.82, 2.24) is 10.3 Å². The maximum atomic E-state index is 13.4. The topological polar surface area (TPSA) is 37.0 Å². The van der Waals surface area contributed by atoms with E-state index in [0.717, 1.165) is 32.5 Å². The Kier molecular flexibility index (Phi) is 4.50. The third-order valence-electron chi connectivity index (χ3n) is 2.70. The molecule has 92 valence electrons. The van der Waals surface area contributed by atoms with Crippen molar-refractivity contribution in [2.75, 3.05) is 25.0 Å². The molecule has 0 unspecified atom stereocenters. The second-order valence-corrected chi connectivity index (χ2v) is 4.89. The Morgan fingerprint density at radius 1 is 1.53 bits per heavy atom. The zero-order valence-corrected chi connectivity index (χ0v) is 11.1. The summed E-state index contributed by atoms with van der Waals surface area (Å²) in [5.74, 6) is 0.00130. The van der Waals surface area contributed by atoms with Gasteiger partial charge in [0, 0.05) is 23.8 Å². The van der Waals surface area contributed by atoms with Crippen LogP contribution < -0.4 is 10.6 Å². The number of nitrogens with zero attached hydrogens (tertiary/aromatic N) is 1. The molecule has 0 spiro atoms.